The van der Waals surface area contributed by atoms with Gasteiger partial charge < -0.3 is 10.6 Å². The number of nitro groups is 1. The van der Waals surface area contributed by atoms with E-state index in [-0.39, 0.29) is 11.6 Å². The van der Waals surface area contributed by atoms with Crippen LogP contribution in [0.1, 0.15) is 30.6 Å². The Labute approximate surface area is 166 Å². The number of halogens is 2. The molecule has 148 valence electrons. The highest BCUT2D eigenvalue weighted by Crippen LogP contribution is 2.22. The molecule has 0 saturated heterocycles. The topological polar surface area (TPSA) is 101 Å². The second-order valence-electron chi connectivity index (χ2n) is 6.58. The van der Waals surface area contributed by atoms with Gasteiger partial charge in [0.05, 0.1) is 4.92 Å². The van der Waals surface area contributed by atoms with Crippen molar-refractivity contribution in [1.29, 1.82) is 0 Å². The van der Waals surface area contributed by atoms with E-state index in [1.165, 1.54) is 18.2 Å². The van der Waals surface area contributed by atoms with Crippen molar-refractivity contribution in [1.82, 2.24) is 5.32 Å². The predicted octanol–water partition coefficient (Wildman–Crippen LogP) is 4.17. The predicted molar refractivity (Wildman–Crippen MR) is 104 cm³/mol. The number of nitro benzene ring substituents is 1. The number of hydrogen-bond acceptors (Lipinski definition) is 4. The molecule has 0 aromatic heterocycles. The number of carbonyl (C=O) groups is 2. The van der Waals surface area contributed by atoms with Crippen molar-refractivity contribution in [2.24, 2.45) is 5.92 Å². The van der Waals surface area contributed by atoms with Crippen LogP contribution in [0.25, 0.3) is 0 Å². The summed E-state index contributed by atoms with van der Waals surface area (Å²) in [7, 11) is 0. The number of carbonyl (C=O) groups excluding carboxylic acids is 2. The minimum atomic E-state index is -1.00. The lowest BCUT2D eigenvalue weighted by atomic mass is 10.0. The van der Waals surface area contributed by atoms with Crippen LogP contribution in [0.3, 0.4) is 0 Å². The second kappa shape index (κ2) is 9.27. The van der Waals surface area contributed by atoms with Gasteiger partial charge in [-0.15, -0.1) is 0 Å². The molecule has 9 heteroatoms. The minimum Gasteiger partial charge on any atom is -0.340 e. The van der Waals surface area contributed by atoms with Gasteiger partial charge >= 0.3 is 5.69 Å². The summed E-state index contributed by atoms with van der Waals surface area (Å²) in [5.74, 6) is -1.93. The maximum absolute atomic E-state index is 13.5. The van der Waals surface area contributed by atoms with Gasteiger partial charge in [-0.2, -0.15) is 4.39 Å². The van der Waals surface area contributed by atoms with E-state index in [1.54, 1.807) is 12.1 Å². The van der Waals surface area contributed by atoms with Crippen LogP contribution in [0.2, 0.25) is 5.02 Å². The van der Waals surface area contributed by atoms with Gasteiger partial charge in [0, 0.05) is 22.3 Å². The molecule has 0 bridgehead atoms. The summed E-state index contributed by atoms with van der Waals surface area (Å²) in [6.45, 7) is 3.77. The van der Waals surface area contributed by atoms with Crippen LogP contribution in [0.4, 0.5) is 15.8 Å². The maximum Gasteiger partial charge on any atom is 0.306 e. The van der Waals surface area contributed by atoms with E-state index in [0.717, 1.165) is 12.1 Å². The van der Waals surface area contributed by atoms with Crippen LogP contribution in [0, 0.1) is 21.8 Å². The Balaban J connectivity index is 2.16. The van der Waals surface area contributed by atoms with Crippen molar-refractivity contribution >= 4 is 34.8 Å². The normalized spacial score (nSPS) is 11.8. The van der Waals surface area contributed by atoms with Crippen molar-refractivity contribution in [3.63, 3.8) is 0 Å². The summed E-state index contributed by atoms with van der Waals surface area (Å²) < 4.78 is 13.5. The summed E-state index contributed by atoms with van der Waals surface area (Å²) in [5, 5.41) is 16.5. The molecule has 0 spiro atoms. The lowest BCUT2D eigenvalue weighted by Gasteiger charge is -2.20. The molecule has 0 heterocycles. The fourth-order valence-corrected chi connectivity index (χ4v) is 2.63. The van der Waals surface area contributed by atoms with Crippen LogP contribution in [0.5, 0.6) is 0 Å². The molecule has 0 aliphatic heterocycles. The molecule has 0 aliphatic rings. The lowest BCUT2D eigenvalue weighted by molar-refractivity contribution is -0.387. The molecular weight excluding hydrogens is 389 g/mol. The van der Waals surface area contributed by atoms with Gasteiger partial charge in [0.25, 0.3) is 5.91 Å². The Morgan fingerprint density at radius 2 is 1.82 bits per heavy atom. The average molecular weight is 408 g/mol. The molecule has 1 atom stereocenters. The summed E-state index contributed by atoms with van der Waals surface area (Å²) >= 11 is 5.81. The standard InChI is InChI=1S/C19H19ClFN3O4/c1-11(2)9-16(23-18(25)12-3-5-13(20)6-4-12)19(26)22-14-7-8-15(21)17(10-14)24(27)28/h3-8,10-11,16H,9H2,1-2H3,(H,22,26)(H,23,25)/t16-/m1/s1. The van der Waals surface area contributed by atoms with Gasteiger partial charge in [-0.3, -0.25) is 19.7 Å². The molecule has 0 unspecified atom stereocenters. The molecule has 0 radical (unpaired) electrons. The van der Waals surface area contributed by atoms with Gasteiger partial charge in [-0.05, 0) is 48.7 Å². The Morgan fingerprint density at radius 3 is 2.39 bits per heavy atom. The summed E-state index contributed by atoms with van der Waals surface area (Å²) in [6.07, 6.45) is 0.342. The largest absolute Gasteiger partial charge is 0.340 e. The summed E-state index contributed by atoms with van der Waals surface area (Å²) in [4.78, 5) is 35.0. The van der Waals surface area contributed by atoms with Gasteiger partial charge in [0.15, 0.2) is 0 Å². The highest BCUT2D eigenvalue weighted by atomic mass is 35.5. The molecule has 0 saturated carbocycles. The number of nitrogens with zero attached hydrogens (tertiary/aromatic N) is 1. The molecule has 2 N–H and O–H groups in total. The first kappa shape index (κ1) is 21.3. The number of benzene rings is 2. The molecule has 2 amide bonds. The smallest absolute Gasteiger partial charge is 0.306 e. The number of nitrogens with one attached hydrogen (secondary N) is 2. The van der Waals surface area contributed by atoms with Gasteiger partial charge in [0.1, 0.15) is 6.04 Å². The summed E-state index contributed by atoms with van der Waals surface area (Å²) in [6, 6.07) is 8.35. The molecule has 28 heavy (non-hydrogen) atoms. The van der Waals surface area contributed by atoms with Crippen LogP contribution < -0.4 is 10.6 Å². The lowest BCUT2D eigenvalue weighted by Crippen LogP contribution is -2.44. The third-order valence-corrected chi connectivity index (χ3v) is 4.10. The van der Waals surface area contributed by atoms with Crippen molar-refractivity contribution in [3.05, 3.63) is 69.0 Å². The Morgan fingerprint density at radius 1 is 1.18 bits per heavy atom. The fraction of sp³-hybridized carbons (Fsp3) is 0.263. The molecule has 2 rings (SSSR count). The zero-order valence-corrected chi connectivity index (χ0v) is 16.0. The van der Waals surface area contributed by atoms with Crippen molar-refractivity contribution in [3.8, 4) is 0 Å². The highest BCUT2D eigenvalue weighted by Gasteiger charge is 2.24. The molecular formula is C19H19ClFN3O4. The van der Waals surface area contributed by atoms with Crippen LogP contribution >= 0.6 is 11.6 Å². The van der Waals surface area contributed by atoms with Crippen molar-refractivity contribution in [2.45, 2.75) is 26.3 Å². The zero-order valence-electron chi connectivity index (χ0n) is 15.2. The first-order valence-electron chi connectivity index (χ1n) is 8.48. The Kier molecular flexibility index (Phi) is 7.06. The molecule has 2 aromatic carbocycles. The maximum atomic E-state index is 13.5. The molecule has 7 nitrogen and oxygen atoms in total. The van der Waals surface area contributed by atoms with E-state index in [1.807, 2.05) is 13.8 Å². The van der Waals surface area contributed by atoms with Crippen LogP contribution in [-0.2, 0) is 4.79 Å². The van der Waals surface area contributed by atoms with Gasteiger partial charge in [-0.1, -0.05) is 25.4 Å². The number of anilines is 1. The minimum absolute atomic E-state index is 0.0626. The first-order chi connectivity index (χ1) is 13.2. The van der Waals surface area contributed by atoms with E-state index in [4.69, 9.17) is 11.6 Å². The molecule has 2 aromatic rings. The van der Waals surface area contributed by atoms with Crippen LogP contribution in [-0.4, -0.2) is 22.8 Å². The van der Waals surface area contributed by atoms with Gasteiger partial charge in [0.2, 0.25) is 11.7 Å². The quantitative estimate of drug-likeness (QED) is 0.531. The molecule has 0 fully saturated rings. The Hall–Kier alpha value is -3.00. The van der Waals surface area contributed by atoms with Crippen molar-refractivity contribution in [2.75, 3.05) is 5.32 Å². The SMILES string of the molecule is CC(C)C[C@@H](NC(=O)c1ccc(Cl)cc1)C(=O)Nc1ccc(F)c([N+](=O)[O-])c1. The first-order valence-corrected chi connectivity index (χ1v) is 8.86. The van der Waals surface area contributed by atoms with Crippen molar-refractivity contribution < 1.29 is 18.9 Å². The van der Waals surface area contributed by atoms with E-state index < -0.39 is 34.3 Å². The van der Waals surface area contributed by atoms with E-state index in [9.17, 15) is 24.1 Å². The van der Waals surface area contributed by atoms with E-state index >= 15 is 0 Å². The third-order valence-electron chi connectivity index (χ3n) is 3.85. The monoisotopic (exact) mass is 407 g/mol. The summed E-state index contributed by atoms with van der Waals surface area (Å²) in [5.41, 5.74) is -0.348. The Bertz CT molecular complexity index is 887. The number of hydrogen-bond donors (Lipinski definition) is 2. The van der Waals surface area contributed by atoms with E-state index in [0.29, 0.717) is 17.0 Å². The zero-order chi connectivity index (χ0) is 20.8. The van der Waals surface area contributed by atoms with Crippen LogP contribution in [0.15, 0.2) is 42.5 Å². The second-order valence-corrected chi connectivity index (χ2v) is 7.01. The average Bonchev–Trinajstić information content (AvgIpc) is 2.62. The van der Waals surface area contributed by atoms with Gasteiger partial charge in [-0.25, -0.2) is 0 Å². The number of rotatable bonds is 7. The highest BCUT2D eigenvalue weighted by molar-refractivity contribution is 6.30. The fourth-order valence-electron chi connectivity index (χ4n) is 2.51. The van der Waals surface area contributed by atoms with E-state index in [2.05, 4.69) is 10.6 Å². The number of amides is 2. The molecule has 0 aliphatic carbocycles. The third kappa shape index (κ3) is 5.75.